The Bertz CT molecular complexity index is 754. The maximum Gasteiger partial charge on any atom is 0.241 e. The summed E-state index contributed by atoms with van der Waals surface area (Å²) in [5.74, 6) is -0.307. The Hall–Kier alpha value is -1.51. The van der Waals surface area contributed by atoms with E-state index in [2.05, 4.69) is 4.90 Å². The second-order valence-corrected chi connectivity index (χ2v) is 9.40. The fourth-order valence-corrected chi connectivity index (χ4v) is 5.08. The Kier molecular flexibility index (Phi) is 6.49. The van der Waals surface area contributed by atoms with Crippen LogP contribution in [-0.2, 0) is 21.4 Å². The van der Waals surface area contributed by atoms with E-state index in [-0.39, 0.29) is 11.7 Å². The Morgan fingerprint density at radius 3 is 2.48 bits per heavy atom. The van der Waals surface area contributed by atoms with Gasteiger partial charge >= 0.3 is 0 Å². The fourth-order valence-electron chi connectivity index (χ4n) is 3.96. The Balaban J connectivity index is 1.61. The molecule has 1 aromatic carbocycles. The first-order valence-electron chi connectivity index (χ1n) is 9.57. The van der Waals surface area contributed by atoms with Crippen LogP contribution in [0.3, 0.4) is 0 Å². The molecule has 0 radical (unpaired) electrons. The third kappa shape index (κ3) is 5.27. The normalized spacial score (nSPS) is 23.2. The molecule has 0 spiro atoms. The number of benzene rings is 1. The van der Waals surface area contributed by atoms with E-state index in [1.807, 2.05) is 4.90 Å². The molecule has 2 saturated heterocycles. The lowest BCUT2D eigenvalue weighted by molar-refractivity contribution is -0.136. The first-order valence-corrected chi connectivity index (χ1v) is 11.4. The van der Waals surface area contributed by atoms with Gasteiger partial charge in [-0.25, -0.2) is 12.8 Å². The minimum absolute atomic E-state index is 0.0660. The van der Waals surface area contributed by atoms with E-state index < -0.39 is 16.1 Å². The van der Waals surface area contributed by atoms with Gasteiger partial charge in [-0.2, -0.15) is 4.31 Å². The highest BCUT2D eigenvalue weighted by Gasteiger charge is 2.37. The van der Waals surface area contributed by atoms with Gasteiger partial charge in [0.25, 0.3) is 0 Å². The third-order valence-corrected chi connectivity index (χ3v) is 6.67. The van der Waals surface area contributed by atoms with Crippen molar-refractivity contribution < 1.29 is 17.6 Å². The van der Waals surface area contributed by atoms with Gasteiger partial charge in [0.2, 0.25) is 15.9 Å². The van der Waals surface area contributed by atoms with Gasteiger partial charge in [-0.15, -0.1) is 0 Å². The van der Waals surface area contributed by atoms with Crippen LogP contribution in [0, 0.1) is 5.82 Å². The SMILES string of the molecule is CS(=O)(=O)N1CCCC[C@H]1C(=O)N1CCCN(Cc2ccc(F)cc2)CC1. The van der Waals surface area contributed by atoms with Gasteiger partial charge in [0.1, 0.15) is 11.9 Å². The number of halogens is 1. The number of nitrogens with zero attached hydrogens (tertiary/aromatic N) is 3. The zero-order chi connectivity index (χ0) is 19.4. The van der Waals surface area contributed by atoms with Crippen molar-refractivity contribution in [2.24, 2.45) is 0 Å². The maximum absolute atomic E-state index is 13.1. The monoisotopic (exact) mass is 397 g/mol. The minimum Gasteiger partial charge on any atom is -0.340 e. The molecule has 3 rings (SSSR count). The summed E-state index contributed by atoms with van der Waals surface area (Å²) in [5, 5.41) is 0. The molecule has 2 heterocycles. The molecular formula is C19H28FN3O3S. The highest BCUT2D eigenvalue weighted by Crippen LogP contribution is 2.22. The largest absolute Gasteiger partial charge is 0.340 e. The standard InChI is InChI=1S/C19H28FN3O3S/c1-27(25,26)23-12-3-2-5-18(23)19(24)22-11-4-10-21(13-14-22)15-16-6-8-17(20)9-7-16/h6-9,18H,2-5,10-15H2,1H3/t18-/m0/s1. The average Bonchev–Trinajstić information content (AvgIpc) is 2.88. The van der Waals surface area contributed by atoms with Crippen molar-refractivity contribution in [2.45, 2.75) is 38.3 Å². The lowest BCUT2D eigenvalue weighted by atomic mass is 10.0. The van der Waals surface area contributed by atoms with E-state index in [1.165, 1.54) is 22.7 Å². The van der Waals surface area contributed by atoms with Crippen LogP contribution in [-0.4, -0.2) is 73.5 Å². The smallest absolute Gasteiger partial charge is 0.241 e. The van der Waals surface area contributed by atoms with Crippen LogP contribution >= 0.6 is 0 Å². The Morgan fingerprint density at radius 2 is 1.78 bits per heavy atom. The lowest BCUT2D eigenvalue weighted by Crippen LogP contribution is -2.53. The first-order chi connectivity index (χ1) is 12.8. The van der Waals surface area contributed by atoms with E-state index in [4.69, 9.17) is 0 Å². The van der Waals surface area contributed by atoms with E-state index in [1.54, 1.807) is 12.1 Å². The average molecular weight is 398 g/mol. The molecule has 6 nitrogen and oxygen atoms in total. The van der Waals surface area contributed by atoms with Gasteiger partial charge < -0.3 is 4.90 Å². The molecule has 0 bridgehead atoms. The number of sulfonamides is 1. The van der Waals surface area contributed by atoms with Crippen molar-refractivity contribution >= 4 is 15.9 Å². The number of hydrogen-bond donors (Lipinski definition) is 0. The van der Waals surface area contributed by atoms with Crippen molar-refractivity contribution in [3.05, 3.63) is 35.6 Å². The zero-order valence-corrected chi connectivity index (χ0v) is 16.6. The van der Waals surface area contributed by atoms with Crippen molar-refractivity contribution in [2.75, 3.05) is 39.0 Å². The highest BCUT2D eigenvalue weighted by molar-refractivity contribution is 7.88. The second kappa shape index (κ2) is 8.67. The van der Waals surface area contributed by atoms with Crippen LogP contribution in [0.25, 0.3) is 0 Å². The highest BCUT2D eigenvalue weighted by atomic mass is 32.2. The molecule has 1 atom stereocenters. The summed E-state index contributed by atoms with van der Waals surface area (Å²) >= 11 is 0. The number of piperidine rings is 1. The zero-order valence-electron chi connectivity index (χ0n) is 15.8. The molecule has 0 aromatic heterocycles. The molecule has 2 fully saturated rings. The maximum atomic E-state index is 13.1. The first kappa shape index (κ1) is 20.2. The number of amides is 1. The summed E-state index contributed by atoms with van der Waals surface area (Å²) in [6.45, 7) is 3.98. The van der Waals surface area contributed by atoms with Crippen molar-refractivity contribution in [3.8, 4) is 0 Å². The summed E-state index contributed by atoms with van der Waals surface area (Å²) in [4.78, 5) is 17.1. The van der Waals surface area contributed by atoms with Gasteiger partial charge in [-0.1, -0.05) is 18.6 Å². The molecule has 8 heteroatoms. The van der Waals surface area contributed by atoms with Crippen molar-refractivity contribution in [1.29, 1.82) is 0 Å². The summed E-state index contributed by atoms with van der Waals surface area (Å²) in [7, 11) is -3.38. The molecule has 0 N–H and O–H groups in total. The molecule has 0 saturated carbocycles. The number of hydrogen-bond acceptors (Lipinski definition) is 4. The van der Waals surface area contributed by atoms with E-state index in [0.717, 1.165) is 44.5 Å². The topological polar surface area (TPSA) is 60.9 Å². The molecule has 2 aliphatic rings. The van der Waals surface area contributed by atoms with Gasteiger partial charge in [0.05, 0.1) is 6.26 Å². The second-order valence-electron chi connectivity index (χ2n) is 7.47. The van der Waals surface area contributed by atoms with E-state index >= 15 is 0 Å². The van der Waals surface area contributed by atoms with Crippen LogP contribution in [0.4, 0.5) is 4.39 Å². The van der Waals surface area contributed by atoms with E-state index in [9.17, 15) is 17.6 Å². The lowest BCUT2D eigenvalue weighted by Gasteiger charge is -2.35. The molecule has 27 heavy (non-hydrogen) atoms. The molecule has 0 aliphatic carbocycles. The van der Waals surface area contributed by atoms with Crippen molar-refractivity contribution in [1.82, 2.24) is 14.1 Å². The van der Waals surface area contributed by atoms with Crippen LogP contribution in [0.1, 0.15) is 31.2 Å². The number of carbonyl (C=O) groups excluding carboxylic acids is 1. The predicted octanol–water partition coefficient (Wildman–Crippen LogP) is 1.67. The fraction of sp³-hybridized carbons (Fsp3) is 0.632. The van der Waals surface area contributed by atoms with Crippen LogP contribution in [0.5, 0.6) is 0 Å². The summed E-state index contributed by atoms with van der Waals surface area (Å²) in [6, 6.07) is 5.94. The quantitative estimate of drug-likeness (QED) is 0.776. The van der Waals surface area contributed by atoms with Gasteiger partial charge in [-0.3, -0.25) is 9.69 Å². The summed E-state index contributed by atoms with van der Waals surface area (Å²) in [6.07, 6.45) is 4.32. The van der Waals surface area contributed by atoms with E-state index in [0.29, 0.717) is 26.1 Å². The summed E-state index contributed by atoms with van der Waals surface area (Å²) in [5.41, 5.74) is 1.05. The molecule has 2 aliphatic heterocycles. The van der Waals surface area contributed by atoms with Crippen LogP contribution in [0.2, 0.25) is 0 Å². The predicted molar refractivity (Wildman–Crippen MR) is 102 cm³/mol. The number of carbonyl (C=O) groups is 1. The molecule has 1 amide bonds. The third-order valence-electron chi connectivity index (χ3n) is 5.38. The molecule has 150 valence electrons. The Morgan fingerprint density at radius 1 is 1.04 bits per heavy atom. The minimum atomic E-state index is -3.38. The number of rotatable bonds is 4. The van der Waals surface area contributed by atoms with Crippen molar-refractivity contribution in [3.63, 3.8) is 0 Å². The summed E-state index contributed by atoms with van der Waals surface area (Å²) < 4.78 is 38.5. The molecular weight excluding hydrogens is 369 g/mol. The molecule has 0 unspecified atom stereocenters. The molecule has 1 aromatic rings. The van der Waals surface area contributed by atoms with Crippen LogP contribution in [0.15, 0.2) is 24.3 Å². The van der Waals surface area contributed by atoms with Gasteiger partial charge in [-0.05, 0) is 37.0 Å². The van der Waals surface area contributed by atoms with Gasteiger partial charge in [0, 0.05) is 39.3 Å². The van der Waals surface area contributed by atoms with Gasteiger partial charge in [0.15, 0.2) is 0 Å². The van der Waals surface area contributed by atoms with Crippen LogP contribution < -0.4 is 0 Å². The Labute approximate surface area is 161 Å².